The molecule has 228 valence electrons. The van der Waals surface area contributed by atoms with Crippen LogP contribution in [0.4, 0.5) is 0 Å². The topological polar surface area (TPSA) is 17.8 Å². The molecule has 0 radical (unpaired) electrons. The predicted octanol–water partition coefficient (Wildman–Crippen LogP) is 12.6. The fourth-order valence-electron chi connectivity index (χ4n) is 7.73. The summed E-state index contributed by atoms with van der Waals surface area (Å²) in [7, 11) is 0. The van der Waals surface area contributed by atoms with E-state index in [4.69, 9.17) is 4.98 Å². The molecule has 8 aromatic carbocycles. The summed E-state index contributed by atoms with van der Waals surface area (Å²) < 4.78 is 2.42. The monoisotopic (exact) mass is 622 g/mol. The average Bonchev–Trinajstić information content (AvgIpc) is 3.51. The van der Waals surface area contributed by atoms with Crippen LogP contribution in [-0.4, -0.2) is 9.55 Å². The molecule has 0 fully saturated rings. The summed E-state index contributed by atoms with van der Waals surface area (Å²) in [4.78, 5) is 5.15. The first-order valence-corrected chi connectivity index (χ1v) is 16.8. The molecule has 0 atom stereocenters. The molecule has 0 amide bonds. The Hall–Kier alpha value is -6.51. The number of fused-ring (bicyclic) bond motifs is 7. The van der Waals surface area contributed by atoms with Crippen LogP contribution in [0.1, 0.15) is 0 Å². The Balaban J connectivity index is 1.14. The molecule has 2 heteroatoms. The number of aromatic nitrogens is 2. The van der Waals surface area contributed by atoms with Gasteiger partial charge in [-0.05, 0) is 68.7 Å². The Morgan fingerprint density at radius 2 is 0.939 bits per heavy atom. The second-order valence-corrected chi connectivity index (χ2v) is 12.7. The fourth-order valence-corrected chi connectivity index (χ4v) is 7.73. The van der Waals surface area contributed by atoms with Crippen LogP contribution in [0.5, 0.6) is 0 Å². The summed E-state index contributed by atoms with van der Waals surface area (Å²) in [5.41, 5.74) is 11.5. The smallest absolute Gasteiger partial charge is 0.0722 e. The molecule has 0 saturated carbocycles. The van der Waals surface area contributed by atoms with Crippen LogP contribution >= 0.6 is 0 Å². The number of pyridine rings is 1. The molecule has 2 heterocycles. The standard InChI is InChI=1S/C47H30N2/c1-2-13-34(14-3-1)43-30-41(47-36-15-5-4-12-31(36)26-28-42(47)48-43)33-24-22-32(23-25-33)35-27-29-46(38-17-7-6-16-37(35)38)49-44-20-10-8-18-39(44)40-19-9-11-21-45(40)49/h1-30H. The minimum absolute atomic E-state index is 0.981. The highest BCUT2D eigenvalue weighted by atomic mass is 15.0. The van der Waals surface area contributed by atoms with Crippen LogP contribution in [0.3, 0.4) is 0 Å². The molecule has 0 unspecified atom stereocenters. The van der Waals surface area contributed by atoms with Gasteiger partial charge in [-0.25, -0.2) is 4.98 Å². The largest absolute Gasteiger partial charge is 0.309 e. The summed E-state index contributed by atoms with van der Waals surface area (Å²) in [6.45, 7) is 0. The maximum Gasteiger partial charge on any atom is 0.0722 e. The Morgan fingerprint density at radius 3 is 1.65 bits per heavy atom. The van der Waals surface area contributed by atoms with E-state index in [1.807, 2.05) is 0 Å². The van der Waals surface area contributed by atoms with Crippen LogP contribution in [-0.2, 0) is 0 Å². The number of benzene rings is 8. The van der Waals surface area contributed by atoms with E-state index in [1.165, 1.54) is 76.7 Å². The van der Waals surface area contributed by atoms with Gasteiger partial charge < -0.3 is 4.57 Å². The quantitative estimate of drug-likeness (QED) is 0.179. The summed E-state index contributed by atoms with van der Waals surface area (Å²) >= 11 is 0. The molecule has 2 nitrogen and oxygen atoms in total. The lowest BCUT2D eigenvalue weighted by Crippen LogP contribution is -1.96. The second-order valence-electron chi connectivity index (χ2n) is 12.7. The molecule has 0 aliphatic carbocycles. The average molecular weight is 623 g/mol. The third-order valence-electron chi connectivity index (χ3n) is 10.00. The van der Waals surface area contributed by atoms with E-state index in [2.05, 4.69) is 187 Å². The van der Waals surface area contributed by atoms with Crippen molar-refractivity contribution in [3.8, 4) is 39.2 Å². The zero-order valence-corrected chi connectivity index (χ0v) is 26.7. The van der Waals surface area contributed by atoms with E-state index < -0.39 is 0 Å². The van der Waals surface area contributed by atoms with Gasteiger partial charge in [0, 0.05) is 27.1 Å². The Labute approximate surface area is 284 Å². The highest BCUT2D eigenvalue weighted by Crippen LogP contribution is 2.40. The maximum atomic E-state index is 5.15. The first-order chi connectivity index (χ1) is 24.3. The van der Waals surface area contributed by atoms with Crippen molar-refractivity contribution in [2.24, 2.45) is 0 Å². The lowest BCUT2D eigenvalue weighted by atomic mass is 9.92. The van der Waals surface area contributed by atoms with E-state index >= 15 is 0 Å². The Morgan fingerprint density at radius 1 is 0.367 bits per heavy atom. The van der Waals surface area contributed by atoms with Crippen molar-refractivity contribution >= 4 is 54.3 Å². The molecule has 2 aromatic heterocycles. The molecule has 0 aliphatic heterocycles. The van der Waals surface area contributed by atoms with Crippen molar-refractivity contribution in [1.82, 2.24) is 9.55 Å². The first kappa shape index (κ1) is 27.6. The number of hydrogen-bond acceptors (Lipinski definition) is 1. The van der Waals surface area contributed by atoms with Crippen molar-refractivity contribution in [3.05, 3.63) is 182 Å². The van der Waals surface area contributed by atoms with Gasteiger partial charge in [-0.3, -0.25) is 0 Å². The van der Waals surface area contributed by atoms with Gasteiger partial charge in [-0.2, -0.15) is 0 Å². The van der Waals surface area contributed by atoms with Crippen molar-refractivity contribution < 1.29 is 0 Å². The van der Waals surface area contributed by atoms with Gasteiger partial charge in [0.25, 0.3) is 0 Å². The van der Waals surface area contributed by atoms with Gasteiger partial charge in [-0.15, -0.1) is 0 Å². The molecule has 10 rings (SSSR count). The molecule has 0 bridgehead atoms. The number of rotatable bonds is 4. The summed E-state index contributed by atoms with van der Waals surface area (Å²) in [5.74, 6) is 0. The molecular weight excluding hydrogens is 593 g/mol. The lowest BCUT2D eigenvalue weighted by molar-refractivity contribution is 1.20. The molecule has 0 aliphatic rings. The van der Waals surface area contributed by atoms with E-state index in [0.29, 0.717) is 0 Å². The van der Waals surface area contributed by atoms with Crippen LogP contribution in [0, 0.1) is 0 Å². The number of hydrogen-bond donors (Lipinski definition) is 0. The van der Waals surface area contributed by atoms with Gasteiger partial charge in [0.15, 0.2) is 0 Å². The third kappa shape index (κ3) is 4.38. The van der Waals surface area contributed by atoms with Crippen LogP contribution in [0.15, 0.2) is 182 Å². The zero-order chi connectivity index (χ0) is 32.3. The van der Waals surface area contributed by atoms with Crippen molar-refractivity contribution in [1.29, 1.82) is 0 Å². The predicted molar refractivity (Wildman–Crippen MR) is 207 cm³/mol. The normalized spacial score (nSPS) is 11.7. The van der Waals surface area contributed by atoms with Crippen LogP contribution in [0.25, 0.3) is 93.5 Å². The van der Waals surface area contributed by atoms with Crippen LogP contribution < -0.4 is 0 Å². The van der Waals surface area contributed by atoms with Gasteiger partial charge in [0.05, 0.1) is 27.9 Å². The Kier molecular flexibility index (Phi) is 6.22. The fraction of sp³-hybridized carbons (Fsp3) is 0. The van der Waals surface area contributed by atoms with Gasteiger partial charge in [0.1, 0.15) is 0 Å². The molecular formula is C47H30N2. The Bertz CT molecular complexity index is 2810. The third-order valence-corrected chi connectivity index (χ3v) is 10.00. The summed E-state index contributed by atoms with van der Waals surface area (Å²) in [6.07, 6.45) is 0. The van der Waals surface area contributed by atoms with E-state index in [-0.39, 0.29) is 0 Å². The van der Waals surface area contributed by atoms with Gasteiger partial charge in [-0.1, -0.05) is 152 Å². The zero-order valence-electron chi connectivity index (χ0n) is 26.7. The first-order valence-electron chi connectivity index (χ1n) is 16.8. The minimum Gasteiger partial charge on any atom is -0.309 e. The lowest BCUT2D eigenvalue weighted by Gasteiger charge is -2.16. The molecule has 10 aromatic rings. The van der Waals surface area contributed by atoms with Gasteiger partial charge >= 0.3 is 0 Å². The van der Waals surface area contributed by atoms with Crippen molar-refractivity contribution in [2.75, 3.05) is 0 Å². The van der Waals surface area contributed by atoms with E-state index in [1.54, 1.807) is 0 Å². The second kappa shape index (κ2) is 11.0. The van der Waals surface area contributed by atoms with Crippen molar-refractivity contribution in [2.45, 2.75) is 0 Å². The highest BCUT2D eigenvalue weighted by Gasteiger charge is 2.17. The number of para-hydroxylation sites is 2. The maximum absolute atomic E-state index is 5.15. The van der Waals surface area contributed by atoms with Gasteiger partial charge in [0.2, 0.25) is 0 Å². The minimum atomic E-state index is 0.981. The molecule has 0 N–H and O–H groups in total. The van der Waals surface area contributed by atoms with E-state index in [0.717, 1.165) is 16.8 Å². The van der Waals surface area contributed by atoms with Crippen LogP contribution in [0.2, 0.25) is 0 Å². The highest BCUT2D eigenvalue weighted by molar-refractivity contribution is 6.14. The number of nitrogens with zero attached hydrogens (tertiary/aromatic N) is 2. The van der Waals surface area contributed by atoms with Crippen molar-refractivity contribution in [3.63, 3.8) is 0 Å². The SMILES string of the molecule is c1ccc(-c2cc(-c3ccc(-c4ccc(-n5c6ccccc6c6ccccc65)c5ccccc45)cc3)c3c(ccc4ccccc43)n2)cc1. The summed E-state index contributed by atoms with van der Waals surface area (Å²) in [5, 5.41) is 8.64. The molecule has 0 spiro atoms. The molecule has 49 heavy (non-hydrogen) atoms. The summed E-state index contributed by atoms with van der Waals surface area (Å²) in [6, 6.07) is 65.6. The van der Waals surface area contributed by atoms with E-state index in [9.17, 15) is 0 Å². The molecule has 0 saturated heterocycles.